The van der Waals surface area contributed by atoms with Crippen molar-refractivity contribution in [3.63, 3.8) is 0 Å². The predicted octanol–water partition coefficient (Wildman–Crippen LogP) is 5.81. The Balaban J connectivity index is 1.38. The summed E-state index contributed by atoms with van der Waals surface area (Å²) >= 11 is 0. The van der Waals surface area contributed by atoms with E-state index in [4.69, 9.17) is 9.31 Å². The Labute approximate surface area is 287 Å². The minimum absolute atomic E-state index is 0.0118. The number of halogens is 3. The molecule has 1 saturated heterocycles. The number of benzene rings is 2. The summed E-state index contributed by atoms with van der Waals surface area (Å²) in [5, 5.41) is 15.0. The molecule has 3 saturated carbocycles. The Morgan fingerprint density at radius 1 is 1.08 bits per heavy atom. The highest BCUT2D eigenvalue weighted by molar-refractivity contribution is 6.48. The molecule has 2 amide bonds. The van der Waals surface area contributed by atoms with Crippen molar-refractivity contribution in [3.05, 3.63) is 77.4 Å². The quantitative estimate of drug-likeness (QED) is 0.167. The van der Waals surface area contributed by atoms with E-state index in [9.17, 15) is 28.0 Å². The van der Waals surface area contributed by atoms with Crippen LogP contribution in [0.5, 0.6) is 0 Å². The van der Waals surface area contributed by atoms with Crippen molar-refractivity contribution >= 4 is 24.6 Å². The summed E-state index contributed by atoms with van der Waals surface area (Å²) in [6, 6.07) is 16.9. The van der Waals surface area contributed by atoms with Crippen LogP contribution in [-0.4, -0.2) is 62.4 Å². The topological polar surface area (TPSA) is 104 Å². The molecule has 0 radical (unpaired) electrons. The van der Waals surface area contributed by atoms with E-state index in [2.05, 4.69) is 31.4 Å². The SMILES string of the molecule is CC(C)C=C(C#N)C(=O)N(C)c1cccc(C[C@@H](NCC(F)(F)F)C(=O)N[C@@H](Cc2ccccc2)B2O[C@@H]3C[C@@H]4C[C@@H](C4(C)C)[C@]3(C)O2)c1. The third-order valence-corrected chi connectivity index (χ3v) is 10.7. The molecule has 4 aliphatic rings. The van der Waals surface area contributed by atoms with Crippen molar-refractivity contribution in [2.45, 2.75) is 90.2 Å². The second-order valence-electron chi connectivity index (χ2n) is 14.9. The molecule has 1 aliphatic heterocycles. The second kappa shape index (κ2) is 14.3. The second-order valence-corrected chi connectivity index (χ2v) is 14.9. The highest BCUT2D eigenvalue weighted by Crippen LogP contribution is 2.65. The van der Waals surface area contributed by atoms with Crippen LogP contribution in [0.4, 0.5) is 18.9 Å². The molecule has 1 heterocycles. The molecule has 3 aliphatic carbocycles. The first-order chi connectivity index (χ1) is 23.0. The molecular formula is C37H46BF3N4O4. The standard InChI is InChI=1S/C37H46BF3N4O4/c1-23(2)15-26(21-42)34(47)45(6)28-14-10-13-25(16-28)17-29(43-22-37(39,40)41)33(46)44-32(18-24-11-8-7-9-12-24)38-48-31-20-27-19-30(35(27,3)4)36(31,5)49-38/h7-16,23,27,29-32,43H,17-20,22H2,1-6H3,(H,44,46)/t27-,29+,30-,31+,32-,36-/m0/s1. The Bertz CT molecular complexity index is 1590. The van der Waals surface area contributed by atoms with Crippen LogP contribution >= 0.6 is 0 Å². The summed E-state index contributed by atoms with van der Waals surface area (Å²) in [6.07, 6.45) is -0.932. The van der Waals surface area contributed by atoms with E-state index in [1.807, 2.05) is 50.2 Å². The van der Waals surface area contributed by atoms with Gasteiger partial charge < -0.3 is 19.5 Å². The summed E-state index contributed by atoms with van der Waals surface area (Å²) in [5.74, 6) is -0.992. The molecule has 0 aromatic heterocycles. The van der Waals surface area contributed by atoms with Crippen LogP contribution in [0.15, 0.2) is 66.2 Å². The minimum atomic E-state index is -4.55. The van der Waals surface area contributed by atoms with Crippen LogP contribution in [0.1, 0.15) is 58.6 Å². The average Bonchev–Trinajstić information content (AvgIpc) is 3.42. The van der Waals surface area contributed by atoms with E-state index in [0.717, 1.165) is 18.4 Å². The van der Waals surface area contributed by atoms with Crippen molar-refractivity contribution in [1.82, 2.24) is 10.6 Å². The fraction of sp³-hybridized carbons (Fsp3) is 0.541. The zero-order valence-electron chi connectivity index (χ0n) is 29.0. The van der Waals surface area contributed by atoms with E-state index < -0.39 is 49.2 Å². The van der Waals surface area contributed by atoms with Gasteiger partial charge in [0.15, 0.2) is 0 Å². The zero-order valence-corrected chi connectivity index (χ0v) is 29.0. The van der Waals surface area contributed by atoms with Crippen molar-refractivity contribution in [2.24, 2.45) is 23.2 Å². The van der Waals surface area contributed by atoms with Gasteiger partial charge in [-0.05, 0) is 79.0 Å². The maximum atomic E-state index is 14.0. The van der Waals surface area contributed by atoms with E-state index in [-0.39, 0.29) is 29.4 Å². The number of anilines is 1. The monoisotopic (exact) mass is 678 g/mol. The van der Waals surface area contributed by atoms with E-state index in [1.54, 1.807) is 30.3 Å². The number of carbonyl (C=O) groups excluding carboxylic acids is 2. The first-order valence-electron chi connectivity index (χ1n) is 17.0. The Morgan fingerprint density at radius 3 is 2.41 bits per heavy atom. The third-order valence-electron chi connectivity index (χ3n) is 10.7. The number of alkyl halides is 3. The van der Waals surface area contributed by atoms with Crippen LogP contribution in [0.25, 0.3) is 0 Å². The molecule has 2 aromatic rings. The summed E-state index contributed by atoms with van der Waals surface area (Å²) < 4.78 is 53.7. The van der Waals surface area contributed by atoms with Gasteiger partial charge in [-0.2, -0.15) is 18.4 Å². The van der Waals surface area contributed by atoms with Gasteiger partial charge in [-0.25, -0.2) is 0 Å². The van der Waals surface area contributed by atoms with Gasteiger partial charge in [0, 0.05) is 12.7 Å². The predicted molar refractivity (Wildman–Crippen MR) is 182 cm³/mol. The maximum Gasteiger partial charge on any atom is 0.482 e. The minimum Gasteiger partial charge on any atom is -0.404 e. The number of hydrogen-bond acceptors (Lipinski definition) is 6. The van der Waals surface area contributed by atoms with Crippen LogP contribution in [-0.2, 0) is 31.7 Å². The molecular weight excluding hydrogens is 632 g/mol. The summed E-state index contributed by atoms with van der Waals surface area (Å²) in [5.41, 5.74) is 1.47. The van der Waals surface area contributed by atoms with E-state index in [0.29, 0.717) is 29.5 Å². The molecule has 6 atom stereocenters. The van der Waals surface area contributed by atoms with Gasteiger partial charge in [0.05, 0.1) is 30.2 Å². The molecule has 2 N–H and O–H groups in total. The lowest BCUT2D eigenvalue weighted by atomic mass is 9.43. The smallest absolute Gasteiger partial charge is 0.404 e. The van der Waals surface area contributed by atoms with Crippen molar-refractivity contribution in [1.29, 1.82) is 5.26 Å². The van der Waals surface area contributed by atoms with Crippen LogP contribution in [0.2, 0.25) is 0 Å². The molecule has 2 aromatic carbocycles. The number of carbonyl (C=O) groups is 2. The van der Waals surface area contributed by atoms with Crippen LogP contribution in [0.3, 0.4) is 0 Å². The van der Waals surface area contributed by atoms with Gasteiger partial charge >= 0.3 is 13.3 Å². The van der Waals surface area contributed by atoms with Crippen LogP contribution in [0, 0.1) is 34.5 Å². The number of nitriles is 1. The maximum absolute atomic E-state index is 14.0. The van der Waals surface area contributed by atoms with Gasteiger partial charge in [0.25, 0.3) is 5.91 Å². The van der Waals surface area contributed by atoms with Gasteiger partial charge in [0.1, 0.15) is 11.6 Å². The number of amides is 2. The molecule has 262 valence electrons. The Hall–Kier alpha value is -3.66. The summed E-state index contributed by atoms with van der Waals surface area (Å²) in [7, 11) is 0.742. The summed E-state index contributed by atoms with van der Waals surface area (Å²) in [6.45, 7) is 8.95. The lowest BCUT2D eigenvalue weighted by Gasteiger charge is -2.64. The lowest BCUT2D eigenvalue weighted by molar-refractivity contribution is -0.199. The van der Waals surface area contributed by atoms with Gasteiger partial charge in [-0.15, -0.1) is 0 Å². The van der Waals surface area contributed by atoms with Crippen molar-refractivity contribution in [3.8, 4) is 6.07 Å². The molecule has 0 unspecified atom stereocenters. The van der Waals surface area contributed by atoms with Crippen molar-refractivity contribution < 1.29 is 32.1 Å². The molecule has 6 rings (SSSR count). The first kappa shape index (κ1) is 36.6. The van der Waals surface area contributed by atoms with Crippen LogP contribution < -0.4 is 15.5 Å². The molecule has 2 bridgehead atoms. The molecule has 12 heteroatoms. The zero-order chi connectivity index (χ0) is 35.7. The van der Waals surface area contributed by atoms with Gasteiger partial charge in [-0.1, -0.05) is 76.2 Å². The highest BCUT2D eigenvalue weighted by atomic mass is 19.4. The van der Waals surface area contributed by atoms with E-state index >= 15 is 0 Å². The number of nitrogens with zero attached hydrogens (tertiary/aromatic N) is 2. The molecule has 4 fully saturated rings. The molecule has 49 heavy (non-hydrogen) atoms. The normalized spacial score (nSPS) is 25.5. The van der Waals surface area contributed by atoms with E-state index in [1.165, 1.54) is 11.9 Å². The summed E-state index contributed by atoms with van der Waals surface area (Å²) in [4.78, 5) is 28.4. The third kappa shape index (κ3) is 8.06. The first-order valence-corrected chi connectivity index (χ1v) is 17.0. The van der Waals surface area contributed by atoms with Crippen molar-refractivity contribution in [2.75, 3.05) is 18.5 Å². The highest BCUT2D eigenvalue weighted by Gasteiger charge is 2.68. The fourth-order valence-corrected chi connectivity index (χ4v) is 7.85. The van der Waals surface area contributed by atoms with Gasteiger partial charge in [-0.3, -0.25) is 14.9 Å². The molecule has 0 spiro atoms. The number of nitrogens with one attached hydrogen (secondary N) is 2. The Kier molecular flexibility index (Phi) is 10.7. The Morgan fingerprint density at radius 2 is 1.78 bits per heavy atom. The largest absolute Gasteiger partial charge is 0.482 e. The number of allylic oxidation sites excluding steroid dienone is 1. The number of hydrogen-bond donors (Lipinski definition) is 2. The average molecular weight is 679 g/mol. The number of rotatable bonds is 12. The number of likely N-dealkylation sites (N-methyl/N-ethyl adjacent to an activating group) is 1. The van der Waals surface area contributed by atoms with Gasteiger partial charge in [0.2, 0.25) is 5.91 Å². The fourth-order valence-electron chi connectivity index (χ4n) is 7.85. The lowest BCUT2D eigenvalue weighted by Crippen LogP contribution is -2.65. The molecule has 8 nitrogen and oxygen atoms in total.